The first kappa shape index (κ1) is 11.2. The fourth-order valence-electron chi connectivity index (χ4n) is 0.832. The number of halogens is 4. The Bertz CT molecular complexity index is 307. The number of alkyl halides is 3. The van der Waals surface area contributed by atoms with Gasteiger partial charge in [0.15, 0.2) is 12.4 Å². The van der Waals surface area contributed by atoms with Crippen molar-refractivity contribution in [2.45, 2.75) is 6.18 Å². The molecule has 0 unspecified atom stereocenters. The molecule has 2 N–H and O–H groups in total. The van der Waals surface area contributed by atoms with Gasteiger partial charge in [-0.15, -0.1) is 0 Å². The Labute approximate surface area is 87.0 Å². The zero-order valence-corrected chi connectivity index (χ0v) is 8.52. The second-order valence-electron chi connectivity index (χ2n) is 2.56. The lowest BCUT2D eigenvalue weighted by molar-refractivity contribution is -0.153. The fraction of sp³-hybridized carbons (Fsp3) is 0.250. The predicted molar refractivity (Wildman–Crippen MR) is 50.1 cm³/mol. The molecule has 0 atom stereocenters. The minimum Gasteiger partial charge on any atom is -0.481 e. The number of ether oxygens (including phenoxy) is 1. The molecule has 0 bridgehead atoms. The topological polar surface area (TPSA) is 35.2 Å². The van der Waals surface area contributed by atoms with E-state index in [0.29, 0.717) is 4.47 Å². The van der Waals surface area contributed by atoms with Crippen molar-refractivity contribution in [2.75, 3.05) is 12.3 Å². The first-order valence-corrected chi connectivity index (χ1v) is 4.43. The minimum absolute atomic E-state index is 0.0184. The number of benzene rings is 1. The third-order valence-electron chi connectivity index (χ3n) is 1.38. The van der Waals surface area contributed by atoms with Crippen LogP contribution in [0.4, 0.5) is 18.9 Å². The smallest absolute Gasteiger partial charge is 0.422 e. The molecule has 0 aliphatic heterocycles. The number of nitrogen functional groups attached to an aromatic ring is 1. The van der Waals surface area contributed by atoms with Crippen molar-refractivity contribution >= 4 is 21.6 Å². The molecular weight excluding hydrogens is 263 g/mol. The van der Waals surface area contributed by atoms with E-state index >= 15 is 0 Å². The second-order valence-corrected chi connectivity index (χ2v) is 3.42. The maximum atomic E-state index is 11.8. The minimum atomic E-state index is -4.36. The van der Waals surface area contributed by atoms with Crippen LogP contribution in [0.25, 0.3) is 0 Å². The average molecular weight is 270 g/mol. The van der Waals surface area contributed by atoms with Crippen molar-refractivity contribution in [1.29, 1.82) is 0 Å². The van der Waals surface area contributed by atoms with Crippen molar-refractivity contribution in [3.05, 3.63) is 22.7 Å². The van der Waals surface area contributed by atoms with E-state index in [9.17, 15) is 13.2 Å². The molecule has 14 heavy (non-hydrogen) atoms. The largest absolute Gasteiger partial charge is 0.481 e. The summed E-state index contributed by atoms with van der Waals surface area (Å²) in [6.45, 7) is -1.35. The van der Waals surface area contributed by atoms with E-state index in [1.807, 2.05) is 0 Å². The van der Waals surface area contributed by atoms with E-state index in [0.717, 1.165) is 0 Å². The zero-order chi connectivity index (χ0) is 10.8. The Balaban J connectivity index is 2.77. The molecule has 1 aromatic carbocycles. The van der Waals surface area contributed by atoms with Crippen LogP contribution in [0.2, 0.25) is 0 Å². The van der Waals surface area contributed by atoms with Crippen LogP contribution in [0.1, 0.15) is 0 Å². The number of rotatable bonds is 2. The number of hydrogen-bond donors (Lipinski definition) is 1. The standard InChI is InChI=1S/C8H7BrF3NO/c9-5-2-1-3-6(13)7(5)14-4-8(10,11)12/h1-3H,4,13H2. The Morgan fingerprint density at radius 1 is 1.36 bits per heavy atom. The average Bonchev–Trinajstić information content (AvgIpc) is 2.01. The van der Waals surface area contributed by atoms with Gasteiger partial charge < -0.3 is 10.5 Å². The first-order valence-electron chi connectivity index (χ1n) is 3.63. The highest BCUT2D eigenvalue weighted by molar-refractivity contribution is 9.10. The molecule has 0 heterocycles. The van der Waals surface area contributed by atoms with Gasteiger partial charge in [0.1, 0.15) is 0 Å². The van der Waals surface area contributed by atoms with Gasteiger partial charge in [0, 0.05) is 0 Å². The summed E-state index contributed by atoms with van der Waals surface area (Å²) >= 11 is 3.04. The summed E-state index contributed by atoms with van der Waals surface area (Å²) in [6.07, 6.45) is -4.36. The molecule has 0 spiro atoms. The molecule has 0 aromatic heterocycles. The molecule has 0 radical (unpaired) electrons. The van der Waals surface area contributed by atoms with Crippen LogP contribution < -0.4 is 10.5 Å². The highest BCUT2D eigenvalue weighted by atomic mass is 79.9. The van der Waals surface area contributed by atoms with Crippen LogP contribution in [-0.2, 0) is 0 Å². The van der Waals surface area contributed by atoms with Crippen LogP contribution in [0, 0.1) is 0 Å². The van der Waals surface area contributed by atoms with Gasteiger partial charge in [0.05, 0.1) is 10.2 Å². The van der Waals surface area contributed by atoms with Gasteiger partial charge in [-0.25, -0.2) is 0 Å². The number of nitrogens with two attached hydrogens (primary N) is 1. The maximum absolute atomic E-state index is 11.8. The van der Waals surface area contributed by atoms with Gasteiger partial charge in [0.25, 0.3) is 0 Å². The molecule has 0 aliphatic rings. The Kier molecular flexibility index (Phi) is 3.25. The van der Waals surface area contributed by atoms with E-state index in [1.54, 1.807) is 12.1 Å². The van der Waals surface area contributed by atoms with E-state index in [4.69, 9.17) is 5.73 Å². The Hall–Kier alpha value is -0.910. The normalized spacial score (nSPS) is 11.4. The monoisotopic (exact) mass is 269 g/mol. The number of hydrogen-bond acceptors (Lipinski definition) is 2. The van der Waals surface area contributed by atoms with E-state index in [-0.39, 0.29) is 11.4 Å². The first-order chi connectivity index (χ1) is 6.40. The summed E-state index contributed by atoms with van der Waals surface area (Å²) < 4.78 is 40.4. The van der Waals surface area contributed by atoms with Crippen LogP contribution in [-0.4, -0.2) is 12.8 Å². The van der Waals surface area contributed by atoms with Gasteiger partial charge in [-0.1, -0.05) is 6.07 Å². The van der Waals surface area contributed by atoms with E-state index in [2.05, 4.69) is 20.7 Å². The fourth-order valence-corrected chi connectivity index (χ4v) is 1.33. The Morgan fingerprint density at radius 3 is 2.50 bits per heavy atom. The summed E-state index contributed by atoms with van der Waals surface area (Å²) in [5.41, 5.74) is 5.60. The third kappa shape index (κ3) is 3.10. The molecule has 0 fully saturated rings. The van der Waals surface area contributed by atoms with Gasteiger partial charge >= 0.3 is 6.18 Å². The van der Waals surface area contributed by atoms with Gasteiger partial charge in [-0.05, 0) is 28.1 Å². The van der Waals surface area contributed by atoms with Gasteiger partial charge in [-0.2, -0.15) is 13.2 Å². The van der Waals surface area contributed by atoms with Crippen molar-refractivity contribution in [3.63, 3.8) is 0 Å². The van der Waals surface area contributed by atoms with Crippen LogP contribution in [0.5, 0.6) is 5.75 Å². The van der Waals surface area contributed by atoms with Crippen molar-refractivity contribution in [2.24, 2.45) is 0 Å². The molecule has 1 aromatic rings. The summed E-state index contributed by atoms with van der Waals surface area (Å²) in [7, 11) is 0. The molecule has 2 nitrogen and oxygen atoms in total. The lowest BCUT2D eigenvalue weighted by Gasteiger charge is -2.12. The van der Waals surface area contributed by atoms with Gasteiger partial charge in [0.2, 0.25) is 0 Å². The summed E-state index contributed by atoms with van der Waals surface area (Å²) in [5.74, 6) is 0.0184. The quantitative estimate of drug-likeness (QED) is 0.838. The SMILES string of the molecule is Nc1cccc(Br)c1OCC(F)(F)F. The van der Waals surface area contributed by atoms with Crippen LogP contribution in [0.15, 0.2) is 22.7 Å². The number of para-hydroxylation sites is 1. The van der Waals surface area contributed by atoms with E-state index < -0.39 is 12.8 Å². The van der Waals surface area contributed by atoms with E-state index in [1.165, 1.54) is 6.07 Å². The summed E-state index contributed by atoms with van der Waals surface area (Å²) in [4.78, 5) is 0. The molecule has 6 heteroatoms. The van der Waals surface area contributed by atoms with Crippen LogP contribution in [0.3, 0.4) is 0 Å². The zero-order valence-electron chi connectivity index (χ0n) is 6.94. The highest BCUT2D eigenvalue weighted by Gasteiger charge is 2.29. The maximum Gasteiger partial charge on any atom is 0.422 e. The van der Waals surface area contributed by atoms with Crippen LogP contribution >= 0.6 is 15.9 Å². The summed E-state index contributed by atoms with van der Waals surface area (Å²) in [5, 5.41) is 0. The highest BCUT2D eigenvalue weighted by Crippen LogP contribution is 2.32. The Morgan fingerprint density at radius 2 is 2.00 bits per heavy atom. The predicted octanol–water partition coefficient (Wildman–Crippen LogP) is 2.97. The van der Waals surface area contributed by atoms with Gasteiger partial charge in [-0.3, -0.25) is 0 Å². The van der Waals surface area contributed by atoms with Crippen molar-refractivity contribution in [1.82, 2.24) is 0 Å². The molecule has 78 valence electrons. The van der Waals surface area contributed by atoms with Crippen molar-refractivity contribution in [3.8, 4) is 5.75 Å². The molecule has 1 rings (SSSR count). The number of anilines is 1. The molecule has 0 saturated carbocycles. The second kappa shape index (κ2) is 4.08. The third-order valence-corrected chi connectivity index (χ3v) is 2.00. The molecule has 0 amide bonds. The molecule has 0 saturated heterocycles. The lowest BCUT2D eigenvalue weighted by atomic mass is 10.3. The van der Waals surface area contributed by atoms with Crippen molar-refractivity contribution < 1.29 is 17.9 Å². The lowest BCUT2D eigenvalue weighted by Crippen LogP contribution is -2.19. The molecular formula is C8H7BrF3NO. The summed E-state index contributed by atoms with van der Waals surface area (Å²) in [6, 6.07) is 4.64. The molecule has 0 aliphatic carbocycles.